The minimum absolute atomic E-state index is 0.0616. The molecule has 0 aromatic heterocycles. The molecule has 0 amide bonds. The van der Waals surface area contributed by atoms with Crippen molar-refractivity contribution in [2.75, 3.05) is 13.7 Å². The molecular weight excluding hydrogens is 236 g/mol. The Kier molecular flexibility index (Phi) is 4.48. The zero-order valence-electron chi connectivity index (χ0n) is 11.3. The minimum atomic E-state index is 0.0616. The monoisotopic (exact) mass is 254 g/mol. The first-order chi connectivity index (χ1) is 9.22. The highest BCUT2D eigenvalue weighted by molar-refractivity contribution is 6.08. The fourth-order valence-corrected chi connectivity index (χ4v) is 2.07. The minimum Gasteiger partial charge on any atom is -0.384 e. The number of carbonyl (C=O) groups is 1. The maximum Gasteiger partial charge on any atom is 0.193 e. The third-order valence-electron chi connectivity index (χ3n) is 3.19. The Hall–Kier alpha value is -1.93. The molecule has 2 nitrogen and oxygen atoms in total. The van der Waals surface area contributed by atoms with Gasteiger partial charge in [0, 0.05) is 24.2 Å². The van der Waals surface area contributed by atoms with E-state index in [1.165, 1.54) is 5.56 Å². The predicted molar refractivity (Wildman–Crippen MR) is 76.6 cm³/mol. The second-order valence-electron chi connectivity index (χ2n) is 4.67. The van der Waals surface area contributed by atoms with E-state index < -0.39 is 0 Å². The lowest BCUT2D eigenvalue weighted by molar-refractivity contribution is 0.103. The average molecular weight is 254 g/mol. The summed E-state index contributed by atoms with van der Waals surface area (Å²) in [5, 5.41) is 0. The lowest BCUT2D eigenvalue weighted by atomic mass is 9.97. The van der Waals surface area contributed by atoms with Gasteiger partial charge in [0.25, 0.3) is 0 Å². The lowest BCUT2D eigenvalue weighted by Gasteiger charge is -2.11. The highest BCUT2D eigenvalue weighted by Gasteiger charge is 2.10. The van der Waals surface area contributed by atoms with E-state index >= 15 is 0 Å². The van der Waals surface area contributed by atoms with Crippen LogP contribution in [0, 0.1) is 0 Å². The van der Waals surface area contributed by atoms with Crippen molar-refractivity contribution in [3.8, 4) is 0 Å². The Labute approximate surface area is 114 Å². The predicted octanol–water partition coefficient (Wildman–Crippen LogP) is 3.67. The van der Waals surface area contributed by atoms with E-state index in [9.17, 15) is 4.79 Å². The molecule has 1 unspecified atom stereocenters. The number of ketones is 1. The number of hydrogen-bond acceptors (Lipinski definition) is 2. The van der Waals surface area contributed by atoms with Crippen molar-refractivity contribution in [1.29, 1.82) is 0 Å². The SMILES string of the molecule is COCC(C)c1ccc(C(=O)c2ccccc2)cc1. The van der Waals surface area contributed by atoms with Crippen LogP contribution in [-0.4, -0.2) is 19.5 Å². The van der Waals surface area contributed by atoms with Crippen molar-refractivity contribution < 1.29 is 9.53 Å². The molecule has 19 heavy (non-hydrogen) atoms. The number of ether oxygens (including phenoxy) is 1. The molecule has 2 rings (SSSR count). The molecule has 1 atom stereocenters. The lowest BCUT2D eigenvalue weighted by Crippen LogP contribution is -2.04. The molecule has 0 saturated carbocycles. The van der Waals surface area contributed by atoms with Gasteiger partial charge in [-0.2, -0.15) is 0 Å². The number of hydrogen-bond donors (Lipinski definition) is 0. The van der Waals surface area contributed by atoms with Crippen LogP contribution in [-0.2, 0) is 4.74 Å². The third-order valence-corrected chi connectivity index (χ3v) is 3.19. The van der Waals surface area contributed by atoms with E-state index in [0.717, 1.165) is 11.1 Å². The Morgan fingerprint density at radius 1 is 1.00 bits per heavy atom. The van der Waals surface area contributed by atoms with Crippen molar-refractivity contribution >= 4 is 5.78 Å². The van der Waals surface area contributed by atoms with Crippen LogP contribution >= 0.6 is 0 Å². The molecule has 0 radical (unpaired) electrons. The van der Waals surface area contributed by atoms with Crippen LogP contribution in [0.4, 0.5) is 0 Å². The van der Waals surface area contributed by atoms with Gasteiger partial charge >= 0.3 is 0 Å². The van der Waals surface area contributed by atoms with Crippen molar-refractivity contribution in [3.05, 3.63) is 71.3 Å². The van der Waals surface area contributed by atoms with E-state index in [4.69, 9.17) is 4.74 Å². The van der Waals surface area contributed by atoms with Gasteiger partial charge < -0.3 is 4.74 Å². The van der Waals surface area contributed by atoms with Crippen molar-refractivity contribution in [2.45, 2.75) is 12.8 Å². The Bertz CT molecular complexity index is 529. The highest BCUT2D eigenvalue weighted by Crippen LogP contribution is 2.17. The molecule has 98 valence electrons. The molecule has 0 N–H and O–H groups in total. The van der Waals surface area contributed by atoms with E-state index in [-0.39, 0.29) is 5.78 Å². The summed E-state index contributed by atoms with van der Waals surface area (Å²) in [6, 6.07) is 17.1. The standard InChI is InChI=1S/C17H18O2/c1-13(12-19-2)14-8-10-16(11-9-14)17(18)15-6-4-3-5-7-15/h3-11,13H,12H2,1-2H3. The third kappa shape index (κ3) is 3.30. The molecule has 0 fully saturated rings. The summed E-state index contributed by atoms with van der Waals surface area (Å²) in [5.74, 6) is 0.400. The molecule has 0 aliphatic rings. The molecule has 0 bridgehead atoms. The first kappa shape index (κ1) is 13.5. The maximum absolute atomic E-state index is 12.2. The van der Waals surface area contributed by atoms with Gasteiger partial charge in [-0.15, -0.1) is 0 Å². The molecule has 0 aliphatic carbocycles. The van der Waals surface area contributed by atoms with Crippen molar-refractivity contribution in [3.63, 3.8) is 0 Å². The second-order valence-corrected chi connectivity index (χ2v) is 4.67. The van der Waals surface area contributed by atoms with Crippen LogP contribution in [0.2, 0.25) is 0 Å². The van der Waals surface area contributed by atoms with Crippen LogP contribution in [0.25, 0.3) is 0 Å². The topological polar surface area (TPSA) is 26.3 Å². The van der Waals surface area contributed by atoms with E-state index in [2.05, 4.69) is 6.92 Å². The largest absolute Gasteiger partial charge is 0.384 e. The molecule has 0 heterocycles. The zero-order chi connectivity index (χ0) is 13.7. The van der Waals surface area contributed by atoms with Gasteiger partial charge in [0.2, 0.25) is 0 Å². The Morgan fingerprint density at radius 3 is 2.16 bits per heavy atom. The first-order valence-corrected chi connectivity index (χ1v) is 6.41. The van der Waals surface area contributed by atoms with Gasteiger partial charge in [0.05, 0.1) is 6.61 Å². The second kappa shape index (κ2) is 6.30. The first-order valence-electron chi connectivity index (χ1n) is 6.41. The van der Waals surface area contributed by atoms with Gasteiger partial charge in [-0.25, -0.2) is 0 Å². The van der Waals surface area contributed by atoms with Gasteiger partial charge in [0.15, 0.2) is 5.78 Å². The Morgan fingerprint density at radius 2 is 1.58 bits per heavy atom. The summed E-state index contributed by atoms with van der Waals surface area (Å²) in [6.45, 7) is 2.80. The molecule has 0 aliphatic heterocycles. The Balaban J connectivity index is 2.17. The number of benzene rings is 2. The van der Waals surface area contributed by atoms with Crippen LogP contribution in [0.15, 0.2) is 54.6 Å². The molecule has 2 aromatic carbocycles. The van der Waals surface area contributed by atoms with Gasteiger partial charge in [-0.3, -0.25) is 4.79 Å². The van der Waals surface area contributed by atoms with Gasteiger partial charge in [0.1, 0.15) is 0 Å². The average Bonchev–Trinajstić information content (AvgIpc) is 2.48. The summed E-state index contributed by atoms with van der Waals surface area (Å²) in [4.78, 5) is 12.2. The fraction of sp³-hybridized carbons (Fsp3) is 0.235. The molecule has 0 saturated heterocycles. The van der Waals surface area contributed by atoms with Gasteiger partial charge in [-0.05, 0) is 5.56 Å². The summed E-state index contributed by atoms with van der Waals surface area (Å²) in [7, 11) is 1.70. The van der Waals surface area contributed by atoms with E-state index in [1.54, 1.807) is 7.11 Å². The number of carbonyl (C=O) groups excluding carboxylic acids is 1. The van der Waals surface area contributed by atoms with Crippen LogP contribution < -0.4 is 0 Å². The fourth-order valence-electron chi connectivity index (χ4n) is 2.07. The smallest absolute Gasteiger partial charge is 0.193 e. The highest BCUT2D eigenvalue weighted by atomic mass is 16.5. The van der Waals surface area contributed by atoms with Crippen LogP contribution in [0.1, 0.15) is 34.3 Å². The summed E-state index contributed by atoms with van der Waals surface area (Å²) < 4.78 is 5.14. The van der Waals surface area contributed by atoms with Gasteiger partial charge in [-0.1, -0.05) is 61.5 Å². The van der Waals surface area contributed by atoms with Crippen molar-refractivity contribution in [2.24, 2.45) is 0 Å². The van der Waals surface area contributed by atoms with E-state index in [1.807, 2.05) is 54.6 Å². The molecule has 2 heteroatoms. The summed E-state index contributed by atoms with van der Waals surface area (Å²) >= 11 is 0. The zero-order valence-corrected chi connectivity index (χ0v) is 11.3. The maximum atomic E-state index is 12.2. The number of rotatable bonds is 5. The molecule has 2 aromatic rings. The summed E-state index contributed by atoms with van der Waals surface area (Å²) in [5.41, 5.74) is 2.63. The van der Waals surface area contributed by atoms with E-state index in [0.29, 0.717) is 12.5 Å². The normalized spacial score (nSPS) is 12.1. The van der Waals surface area contributed by atoms with Crippen LogP contribution in [0.5, 0.6) is 0 Å². The quantitative estimate of drug-likeness (QED) is 0.761. The number of methoxy groups -OCH3 is 1. The van der Waals surface area contributed by atoms with Crippen LogP contribution in [0.3, 0.4) is 0 Å². The molecular formula is C17H18O2. The molecule has 0 spiro atoms. The summed E-state index contributed by atoms with van der Waals surface area (Å²) in [6.07, 6.45) is 0. The van der Waals surface area contributed by atoms with Crippen molar-refractivity contribution in [1.82, 2.24) is 0 Å².